The number of hydrogen-bond acceptors (Lipinski definition) is 3. The van der Waals surface area contributed by atoms with Gasteiger partial charge in [0.05, 0.1) is 13.2 Å². The van der Waals surface area contributed by atoms with Crippen molar-refractivity contribution in [1.82, 2.24) is 4.90 Å². The Morgan fingerprint density at radius 2 is 1.79 bits per heavy atom. The summed E-state index contributed by atoms with van der Waals surface area (Å²) in [5.41, 5.74) is 0.947. The molecule has 0 heterocycles. The second-order valence-electron chi connectivity index (χ2n) is 5.70. The quantitative estimate of drug-likeness (QED) is 0.856. The number of benzene rings is 1. The fourth-order valence-electron chi connectivity index (χ4n) is 2.58. The van der Waals surface area contributed by atoms with Crippen molar-refractivity contribution in [1.29, 1.82) is 0 Å². The van der Waals surface area contributed by atoms with Crippen molar-refractivity contribution in [3.63, 3.8) is 0 Å². The number of aliphatic hydroxyl groups excluding tert-OH is 1. The summed E-state index contributed by atoms with van der Waals surface area (Å²) in [7, 11) is 3.76. The molecule has 1 N–H and O–H groups in total. The molecular weight excluding hydrogens is 238 g/mol. The standard InChI is InChI=1S/C16H25NO2/c1-11(13-5-6-13)17(3)12(2)16(18)14-7-9-15(19-4)10-8-14/h7-13,16,18H,5-6H2,1-4H3. The van der Waals surface area contributed by atoms with Crippen LogP contribution in [-0.2, 0) is 0 Å². The molecule has 106 valence electrons. The normalized spacial score (nSPS) is 20.1. The number of hydrogen-bond donors (Lipinski definition) is 1. The van der Waals surface area contributed by atoms with Gasteiger partial charge in [-0.3, -0.25) is 4.90 Å². The van der Waals surface area contributed by atoms with Gasteiger partial charge in [0.2, 0.25) is 0 Å². The molecule has 1 aromatic carbocycles. The molecule has 0 amide bonds. The molecule has 1 saturated carbocycles. The van der Waals surface area contributed by atoms with E-state index in [2.05, 4.69) is 25.8 Å². The highest BCUT2D eigenvalue weighted by Crippen LogP contribution is 2.36. The van der Waals surface area contributed by atoms with Crippen molar-refractivity contribution in [3.8, 4) is 5.75 Å². The summed E-state index contributed by atoms with van der Waals surface area (Å²) in [4.78, 5) is 2.30. The van der Waals surface area contributed by atoms with Gasteiger partial charge in [0, 0.05) is 12.1 Å². The van der Waals surface area contributed by atoms with E-state index in [1.165, 1.54) is 12.8 Å². The maximum Gasteiger partial charge on any atom is 0.118 e. The highest BCUT2D eigenvalue weighted by atomic mass is 16.5. The average Bonchev–Trinajstić information content (AvgIpc) is 3.28. The highest BCUT2D eigenvalue weighted by Gasteiger charge is 2.34. The van der Waals surface area contributed by atoms with E-state index in [0.29, 0.717) is 6.04 Å². The summed E-state index contributed by atoms with van der Waals surface area (Å²) in [5.74, 6) is 1.64. The van der Waals surface area contributed by atoms with Crippen LogP contribution in [0.3, 0.4) is 0 Å². The minimum atomic E-state index is -0.461. The fraction of sp³-hybridized carbons (Fsp3) is 0.625. The molecule has 1 aliphatic carbocycles. The van der Waals surface area contributed by atoms with Crippen molar-refractivity contribution in [2.24, 2.45) is 5.92 Å². The first kappa shape index (κ1) is 14.4. The molecule has 2 rings (SSSR count). The molecule has 3 nitrogen and oxygen atoms in total. The van der Waals surface area contributed by atoms with Crippen LogP contribution in [0, 0.1) is 5.92 Å². The third kappa shape index (κ3) is 3.28. The third-order valence-electron chi connectivity index (χ3n) is 4.50. The predicted molar refractivity (Wildman–Crippen MR) is 77.4 cm³/mol. The lowest BCUT2D eigenvalue weighted by Crippen LogP contribution is -2.41. The second-order valence-corrected chi connectivity index (χ2v) is 5.70. The Morgan fingerprint density at radius 3 is 2.26 bits per heavy atom. The topological polar surface area (TPSA) is 32.7 Å². The molecule has 0 saturated heterocycles. The SMILES string of the molecule is COc1ccc(C(O)C(C)N(C)C(C)C2CC2)cc1. The van der Waals surface area contributed by atoms with Crippen molar-refractivity contribution < 1.29 is 9.84 Å². The molecular formula is C16H25NO2. The Balaban J connectivity index is 2.02. The van der Waals surface area contributed by atoms with Crippen LogP contribution >= 0.6 is 0 Å². The van der Waals surface area contributed by atoms with Gasteiger partial charge in [-0.1, -0.05) is 12.1 Å². The van der Waals surface area contributed by atoms with Gasteiger partial charge in [0.1, 0.15) is 5.75 Å². The molecule has 1 aromatic rings. The Morgan fingerprint density at radius 1 is 1.21 bits per heavy atom. The van der Waals surface area contributed by atoms with Crippen LogP contribution < -0.4 is 4.74 Å². The Bertz CT molecular complexity index is 400. The summed E-state index contributed by atoms with van der Waals surface area (Å²) in [5, 5.41) is 10.5. The molecule has 0 spiro atoms. The monoisotopic (exact) mass is 263 g/mol. The largest absolute Gasteiger partial charge is 0.497 e. The maximum absolute atomic E-state index is 10.5. The van der Waals surface area contributed by atoms with Crippen LogP contribution in [0.15, 0.2) is 24.3 Å². The molecule has 1 fully saturated rings. The number of nitrogens with zero attached hydrogens (tertiary/aromatic N) is 1. The van der Waals surface area contributed by atoms with Gasteiger partial charge >= 0.3 is 0 Å². The van der Waals surface area contributed by atoms with E-state index in [-0.39, 0.29) is 6.04 Å². The van der Waals surface area contributed by atoms with E-state index in [4.69, 9.17) is 4.74 Å². The Kier molecular flexibility index (Phi) is 4.48. The van der Waals surface area contributed by atoms with E-state index in [0.717, 1.165) is 17.2 Å². The van der Waals surface area contributed by atoms with Crippen LogP contribution in [0.25, 0.3) is 0 Å². The first-order chi connectivity index (χ1) is 9.04. The Labute approximate surface area is 116 Å². The lowest BCUT2D eigenvalue weighted by Gasteiger charge is -2.34. The van der Waals surface area contributed by atoms with Crippen molar-refractivity contribution in [3.05, 3.63) is 29.8 Å². The van der Waals surface area contributed by atoms with Crippen molar-refractivity contribution in [2.45, 2.75) is 44.9 Å². The zero-order chi connectivity index (χ0) is 14.0. The lowest BCUT2D eigenvalue weighted by atomic mass is 10.0. The fourth-order valence-corrected chi connectivity index (χ4v) is 2.58. The molecule has 0 bridgehead atoms. The lowest BCUT2D eigenvalue weighted by molar-refractivity contribution is 0.0479. The van der Waals surface area contributed by atoms with Gasteiger partial charge in [0.15, 0.2) is 0 Å². The van der Waals surface area contributed by atoms with Crippen LogP contribution in [0.2, 0.25) is 0 Å². The predicted octanol–water partition coefficient (Wildman–Crippen LogP) is 2.85. The Hall–Kier alpha value is -1.06. The highest BCUT2D eigenvalue weighted by molar-refractivity contribution is 5.29. The smallest absolute Gasteiger partial charge is 0.118 e. The zero-order valence-electron chi connectivity index (χ0n) is 12.3. The average molecular weight is 263 g/mol. The molecule has 0 aliphatic heterocycles. The molecule has 1 aliphatic rings. The minimum Gasteiger partial charge on any atom is -0.497 e. The van der Waals surface area contributed by atoms with Gasteiger partial charge in [-0.25, -0.2) is 0 Å². The van der Waals surface area contributed by atoms with Crippen molar-refractivity contribution in [2.75, 3.05) is 14.2 Å². The van der Waals surface area contributed by atoms with Gasteiger partial charge in [-0.2, -0.15) is 0 Å². The summed E-state index contributed by atoms with van der Waals surface area (Å²) >= 11 is 0. The second kappa shape index (κ2) is 5.93. The number of methoxy groups -OCH3 is 1. The molecule has 0 radical (unpaired) electrons. The number of rotatable bonds is 6. The number of likely N-dealkylation sites (N-methyl/N-ethyl adjacent to an activating group) is 1. The van der Waals surface area contributed by atoms with Crippen LogP contribution in [0.1, 0.15) is 38.4 Å². The molecule has 3 unspecified atom stereocenters. The van der Waals surface area contributed by atoms with Crippen LogP contribution in [0.4, 0.5) is 0 Å². The summed E-state index contributed by atoms with van der Waals surface area (Å²) < 4.78 is 5.14. The van der Waals surface area contributed by atoms with Crippen LogP contribution in [0.5, 0.6) is 5.75 Å². The maximum atomic E-state index is 10.5. The first-order valence-electron chi connectivity index (χ1n) is 7.08. The molecule has 19 heavy (non-hydrogen) atoms. The van der Waals surface area contributed by atoms with Gasteiger partial charge < -0.3 is 9.84 Å². The van der Waals surface area contributed by atoms with Gasteiger partial charge in [-0.15, -0.1) is 0 Å². The van der Waals surface area contributed by atoms with Crippen LogP contribution in [-0.4, -0.2) is 36.2 Å². The van der Waals surface area contributed by atoms with Gasteiger partial charge in [-0.05, 0) is 57.4 Å². The number of ether oxygens (including phenoxy) is 1. The van der Waals surface area contributed by atoms with Crippen molar-refractivity contribution >= 4 is 0 Å². The minimum absolute atomic E-state index is 0.115. The van der Waals surface area contributed by atoms with E-state index in [1.807, 2.05) is 24.3 Å². The van der Waals surface area contributed by atoms with Gasteiger partial charge in [0.25, 0.3) is 0 Å². The summed E-state index contributed by atoms with van der Waals surface area (Å²) in [6.07, 6.45) is 2.20. The zero-order valence-corrected chi connectivity index (χ0v) is 12.3. The first-order valence-corrected chi connectivity index (χ1v) is 7.08. The molecule has 3 atom stereocenters. The van der Waals surface area contributed by atoms with E-state index < -0.39 is 6.10 Å². The summed E-state index contributed by atoms with van der Waals surface area (Å²) in [6.45, 7) is 4.35. The summed E-state index contributed by atoms with van der Waals surface area (Å²) in [6, 6.07) is 8.34. The molecule has 0 aromatic heterocycles. The van der Waals surface area contributed by atoms with E-state index in [1.54, 1.807) is 7.11 Å². The molecule has 3 heteroatoms. The third-order valence-corrected chi connectivity index (χ3v) is 4.50. The van der Waals surface area contributed by atoms with E-state index >= 15 is 0 Å². The number of aliphatic hydroxyl groups is 1. The van der Waals surface area contributed by atoms with E-state index in [9.17, 15) is 5.11 Å².